The van der Waals surface area contributed by atoms with Crippen LogP contribution in [0.3, 0.4) is 0 Å². The van der Waals surface area contributed by atoms with Crippen LogP contribution in [0, 0.1) is 24.0 Å². The van der Waals surface area contributed by atoms with Crippen molar-refractivity contribution in [3.05, 3.63) is 45.6 Å². The second-order valence-electron chi connectivity index (χ2n) is 4.47. The standard InChI is InChI=1S/C14H16N4O3/c1-4-15-14-16-8-11(18(19)20)13(17-14)21-12-7-5-6-9(2)10(12)3/h5-8H,4H2,1-3H3,(H,15,16,17). The van der Waals surface area contributed by atoms with Crippen LogP contribution >= 0.6 is 0 Å². The Hall–Kier alpha value is -2.70. The van der Waals surface area contributed by atoms with E-state index in [0.717, 1.165) is 17.3 Å². The highest BCUT2D eigenvalue weighted by Crippen LogP contribution is 2.32. The number of nitro groups is 1. The molecule has 0 bridgehead atoms. The summed E-state index contributed by atoms with van der Waals surface area (Å²) in [5, 5.41) is 14.0. The average Bonchev–Trinajstić information content (AvgIpc) is 2.44. The molecular formula is C14H16N4O3. The highest BCUT2D eigenvalue weighted by molar-refractivity contribution is 5.47. The molecule has 1 aromatic carbocycles. The van der Waals surface area contributed by atoms with E-state index in [0.29, 0.717) is 18.2 Å². The van der Waals surface area contributed by atoms with Gasteiger partial charge in [-0.3, -0.25) is 10.1 Å². The molecule has 0 spiro atoms. The van der Waals surface area contributed by atoms with Gasteiger partial charge < -0.3 is 10.1 Å². The zero-order valence-electron chi connectivity index (χ0n) is 12.1. The summed E-state index contributed by atoms with van der Waals surface area (Å²) in [5.41, 5.74) is 1.68. The average molecular weight is 288 g/mol. The molecule has 7 heteroatoms. The highest BCUT2D eigenvalue weighted by Gasteiger charge is 2.20. The van der Waals surface area contributed by atoms with E-state index in [2.05, 4.69) is 15.3 Å². The number of benzene rings is 1. The van der Waals surface area contributed by atoms with Crippen LogP contribution in [-0.4, -0.2) is 21.4 Å². The lowest BCUT2D eigenvalue weighted by Gasteiger charge is -2.10. The van der Waals surface area contributed by atoms with Gasteiger partial charge in [-0.25, -0.2) is 4.98 Å². The summed E-state index contributed by atoms with van der Waals surface area (Å²) in [4.78, 5) is 18.5. The van der Waals surface area contributed by atoms with Crippen LogP contribution in [0.15, 0.2) is 24.4 Å². The third kappa shape index (κ3) is 3.25. The SMILES string of the molecule is CCNc1ncc([N+](=O)[O-])c(Oc2cccc(C)c2C)n1. The second-order valence-corrected chi connectivity index (χ2v) is 4.47. The lowest BCUT2D eigenvalue weighted by molar-refractivity contribution is -0.386. The van der Waals surface area contributed by atoms with Crippen molar-refractivity contribution in [2.75, 3.05) is 11.9 Å². The number of nitrogens with zero attached hydrogens (tertiary/aromatic N) is 3. The molecule has 110 valence electrons. The number of anilines is 1. The van der Waals surface area contributed by atoms with Crippen LogP contribution < -0.4 is 10.1 Å². The van der Waals surface area contributed by atoms with Crippen LogP contribution in [0.1, 0.15) is 18.1 Å². The van der Waals surface area contributed by atoms with E-state index in [1.165, 1.54) is 0 Å². The molecule has 0 atom stereocenters. The first-order valence-corrected chi connectivity index (χ1v) is 6.52. The van der Waals surface area contributed by atoms with Crippen molar-refractivity contribution in [1.29, 1.82) is 0 Å². The number of ether oxygens (including phenoxy) is 1. The molecular weight excluding hydrogens is 272 g/mol. The second kappa shape index (κ2) is 6.17. The number of rotatable bonds is 5. The van der Waals surface area contributed by atoms with E-state index in [4.69, 9.17) is 4.74 Å². The fourth-order valence-electron chi connectivity index (χ4n) is 1.74. The zero-order valence-corrected chi connectivity index (χ0v) is 12.1. The van der Waals surface area contributed by atoms with Gasteiger partial charge in [-0.05, 0) is 38.0 Å². The smallest absolute Gasteiger partial charge is 0.349 e. The Morgan fingerprint density at radius 1 is 1.38 bits per heavy atom. The Labute approximate surface area is 122 Å². The fourth-order valence-corrected chi connectivity index (χ4v) is 1.74. The maximum absolute atomic E-state index is 11.1. The Balaban J connectivity index is 2.43. The van der Waals surface area contributed by atoms with Gasteiger partial charge in [0.1, 0.15) is 11.9 Å². The van der Waals surface area contributed by atoms with Crippen molar-refractivity contribution < 1.29 is 9.66 Å². The van der Waals surface area contributed by atoms with E-state index in [-0.39, 0.29) is 11.6 Å². The Morgan fingerprint density at radius 2 is 2.14 bits per heavy atom. The third-order valence-electron chi connectivity index (χ3n) is 3.03. The number of aryl methyl sites for hydroxylation is 1. The van der Waals surface area contributed by atoms with Crippen molar-refractivity contribution in [3.8, 4) is 11.6 Å². The normalized spacial score (nSPS) is 10.2. The summed E-state index contributed by atoms with van der Waals surface area (Å²) >= 11 is 0. The fraction of sp³-hybridized carbons (Fsp3) is 0.286. The van der Waals surface area contributed by atoms with E-state index >= 15 is 0 Å². The van der Waals surface area contributed by atoms with Gasteiger partial charge in [-0.1, -0.05) is 12.1 Å². The summed E-state index contributed by atoms with van der Waals surface area (Å²) in [7, 11) is 0. The number of aromatic nitrogens is 2. The van der Waals surface area contributed by atoms with Crippen molar-refractivity contribution in [1.82, 2.24) is 9.97 Å². The first-order chi connectivity index (χ1) is 10.0. The molecule has 0 aliphatic rings. The van der Waals surface area contributed by atoms with Gasteiger partial charge in [0, 0.05) is 6.54 Å². The van der Waals surface area contributed by atoms with Crippen molar-refractivity contribution in [3.63, 3.8) is 0 Å². The number of nitrogens with one attached hydrogen (secondary N) is 1. The first-order valence-electron chi connectivity index (χ1n) is 6.52. The minimum absolute atomic E-state index is 0.0698. The molecule has 1 heterocycles. The molecule has 0 fully saturated rings. The zero-order chi connectivity index (χ0) is 15.4. The Kier molecular flexibility index (Phi) is 4.32. The van der Waals surface area contributed by atoms with Gasteiger partial charge >= 0.3 is 11.6 Å². The molecule has 0 aliphatic heterocycles. The largest absolute Gasteiger partial charge is 0.433 e. The Morgan fingerprint density at radius 3 is 2.81 bits per heavy atom. The summed E-state index contributed by atoms with van der Waals surface area (Å²) in [6.45, 7) is 6.33. The molecule has 0 saturated carbocycles. The predicted octanol–water partition coefficient (Wildman–Crippen LogP) is 3.23. The summed E-state index contributed by atoms with van der Waals surface area (Å²) in [6.07, 6.45) is 1.14. The van der Waals surface area contributed by atoms with Gasteiger partial charge in [0.15, 0.2) is 0 Å². The summed E-state index contributed by atoms with van der Waals surface area (Å²) < 4.78 is 5.64. The third-order valence-corrected chi connectivity index (χ3v) is 3.03. The Bertz CT molecular complexity index is 673. The van der Waals surface area contributed by atoms with E-state index in [1.54, 1.807) is 6.07 Å². The predicted molar refractivity (Wildman–Crippen MR) is 78.8 cm³/mol. The first kappa shape index (κ1) is 14.7. The van der Waals surface area contributed by atoms with Gasteiger partial charge in [0.2, 0.25) is 5.95 Å². The molecule has 2 rings (SSSR count). The van der Waals surface area contributed by atoms with Gasteiger partial charge in [0.25, 0.3) is 0 Å². The van der Waals surface area contributed by atoms with Crippen molar-refractivity contribution in [2.24, 2.45) is 0 Å². The lowest BCUT2D eigenvalue weighted by atomic mass is 10.1. The molecule has 0 radical (unpaired) electrons. The van der Waals surface area contributed by atoms with E-state index in [1.807, 2.05) is 32.9 Å². The number of hydrogen-bond donors (Lipinski definition) is 1. The van der Waals surface area contributed by atoms with Gasteiger partial charge in [-0.2, -0.15) is 4.98 Å². The topological polar surface area (TPSA) is 90.2 Å². The van der Waals surface area contributed by atoms with Crippen molar-refractivity contribution >= 4 is 11.6 Å². The number of hydrogen-bond acceptors (Lipinski definition) is 6. The molecule has 1 N–H and O–H groups in total. The molecule has 0 saturated heterocycles. The van der Waals surface area contributed by atoms with Crippen LogP contribution in [0.5, 0.6) is 11.6 Å². The summed E-state index contributed by atoms with van der Waals surface area (Å²) in [6, 6.07) is 5.53. The maximum atomic E-state index is 11.1. The molecule has 0 aliphatic carbocycles. The van der Waals surface area contributed by atoms with E-state index in [9.17, 15) is 10.1 Å². The molecule has 0 unspecified atom stereocenters. The van der Waals surface area contributed by atoms with Gasteiger partial charge in [-0.15, -0.1) is 0 Å². The van der Waals surface area contributed by atoms with E-state index < -0.39 is 4.92 Å². The highest BCUT2D eigenvalue weighted by atomic mass is 16.6. The monoisotopic (exact) mass is 288 g/mol. The molecule has 1 aromatic heterocycles. The van der Waals surface area contributed by atoms with Crippen LogP contribution in [0.25, 0.3) is 0 Å². The van der Waals surface area contributed by atoms with Crippen molar-refractivity contribution in [2.45, 2.75) is 20.8 Å². The quantitative estimate of drug-likeness (QED) is 0.671. The van der Waals surface area contributed by atoms with Crippen LogP contribution in [0.4, 0.5) is 11.6 Å². The van der Waals surface area contributed by atoms with Crippen LogP contribution in [0.2, 0.25) is 0 Å². The molecule has 2 aromatic rings. The minimum atomic E-state index is -0.559. The van der Waals surface area contributed by atoms with Crippen LogP contribution in [-0.2, 0) is 0 Å². The minimum Gasteiger partial charge on any atom is -0.433 e. The molecule has 0 amide bonds. The summed E-state index contributed by atoms with van der Waals surface area (Å²) in [5.74, 6) is 0.766. The molecule has 21 heavy (non-hydrogen) atoms. The molecule has 7 nitrogen and oxygen atoms in total. The van der Waals surface area contributed by atoms with Gasteiger partial charge in [0.05, 0.1) is 4.92 Å². The maximum Gasteiger partial charge on any atom is 0.349 e. The lowest BCUT2D eigenvalue weighted by Crippen LogP contribution is -2.05.